The van der Waals surface area contributed by atoms with Gasteiger partial charge in [-0.05, 0) is 42.6 Å². The molecule has 0 aliphatic heterocycles. The zero-order valence-electron chi connectivity index (χ0n) is 15.3. The maximum atomic E-state index is 12.8. The van der Waals surface area contributed by atoms with Gasteiger partial charge in [0.05, 0.1) is 18.3 Å². The number of carbonyl (C=O) groups excluding carboxylic acids is 1. The van der Waals surface area contributed by atoms with Crippen molar-refractivity contribution in [3.05, 3.63) is 50.0 Å². The number of anilines is 1. The minimum Gasteiger partial charge on any atom is -0.495 e. The second-order valence-corrected chi connectivity index (χ2v) is 6.75. The quantitative estimate of drug-likeness (QED) is 0.697. The lowest BCUT2D eigenvalue weighted by Gasteiger charge is -2.13. The molecule has 9 heteroatoms. The molecular weight excluding hydrogens is 368 g/mol. The Hall–Kier alpha value is -2.94. The van der Waals surface area contributed by atoms with Crippen molar-refractivity contribution in [2.24, 2.45) is 0 Å². The molecule has 0 unspecified atom stereocenters. The molecule has 3 rings (SSSR count). The molecule has 1 amide bonds. The van der Waals surface area contributed by atoms with Crippen LogP contribution in [-0.2, 0) is 17.9 Å². The molecule has 1 N–H and O–H groups in total. The second-order valence-electron chi connectivity index (χ2n) is 6.13. The Morgan fingerprint density at radius 2 is 2.07 bits per heavy atom. The second kappa shape index (κ2) is 7.75. The van der Waals surface area contributed by atoms with Gasteiger partial charge in [0, 0.05) is 11.9 Å². The summed E-state index contributed by atoms with van der Waals surface area (Å²) in [5.41, 5.74) is 1.13. The Morgan fingerprint density at radius 1 is 1.30 bits per heavy atom. The summed E-state index contributed by atoms with van der Waals surface area (Å²) in [6.45, 7) is 3.83. The van der Waals surface area contributed by atoms with E-state index in [0.29, 0.717) is 23.4 Å². The number of aryl methyl sites for hydroxylation is 1. The molecule has 2 heterocycles. The molecule has 0 aliphatic carbocycles. The van der Waals surface area contributed by atoms with Crippen molar-refractivity contribution < 1.29 is 9.53 Å². The van der Waals surface area contributed by atoms with E-state index in [2.05, 4.69) is 9.69 Å². The summed E-state index contributed by atoms with van der Waals surface area (Å²) in [7, 11) is 1.52. The minimum absolute atomic E-state index is 0.203. The summed E-state index contributed by atoms with van der Waals surface area (Å²) in [4.78, 5) is 37.8. The first kappa shape index (κ1) is 18.8. The van der Waals surface area contributed by atoms with Gasteiger partial charge < -0.3 is 10.1 Å². The van der Waals surface area contributed by atoms with Gasteiger partial charge in [-0.15, -0.1) is 0 Å². The molecule has 1 aromatic carbocycles. The highest BCUT2D eigenvalue weighted by atomic mass is 32.1. The van der Waals surface area contributed by atoms with Gasteiger partial charge in [0.25, 0.3) is 5.56 Å². The van der Waals surface area contributed by atoms with E-state index in [0.717, 1.165) is 21.7 Å². The number of amides is 1. The van der Waals surface area contributed by atoms with Gasteiger partial charge in [-0.2, -0.15) is 4.37 Å². The zero-order valence-corrected chi connectivity index (χ0v) is 16.1. The van der Waals surface area contributed by atoms with Crippen molar-refractivity contribution in [3.63, 3.8) is 0 Å². The number of carbonyl (C=O) groups is 1. The van der Waals surface area contributed by atoms with Crippen molar-refractivity contribution in [3.8, 4) is 5.75 Å². The smallest absolute Gasteiger partial charge is 0.332 e. The third kappa shape index (κ3) is 3.63. The molecule has 0 saturated carbocycles. The van der Waals surface area contributed by atoms with Gasteiger partial charge in [0.2, 0.25) is 5.91 Å². The fraction of sp³-hybridized carbons (Fsp3) is 0.333. The van der Waals surface area contributed by atoms with Crippen molar-refractivity contribution in [2.45, 2.75) is 33.4 Å². The molecule has 0 spiro atoms. The van der Waals surface area contributed by atoms with E-state index in [1.807, 2.05) is 19.9 Å². The van der Waals surface area contributed by atoms with E-state index in [-0.39, 0.29) is 18.6 Å². The topological polar surface area (TPSA) is 95.2 Å². The van der Waals surface area contributed by atoms with Gasteiger partial charge in [-0.1, -0.05) is 13.0 Å². The molecule has 0 atom stereocenters. The van der Waals surface area contributed by atoms with E-state index in [1.165, 1.54) is 11.7 Å². The van der Waals surface area contributed by atoms with Crippen LogP contribution in [0.1, 0.15) is 18.9 Å². The predicted octanol–water partition coefficient (Wildman–Crippen LogP) is 1.99. The standard InChI is InChI=1S/C18H20N4O4S/c1-4-7-21-17(24)16-13(10-27-20-16)22(18(21)25)9-15(23)19-12-8-11(2)5-6-14(12)26-3/h5-6,8,10H,4,7,9H2,1-3H3,(H,19,23). The van der Waals surface area contributed by atoms with Crippen LogP contribution in [0.4, 0.5) is 5.69 Å². The average Bonchev–Trinajstić information content (AvgIpc) is 3.12. The van der Waals surface area contributed by atoms with Crippen LogP contribution < -0.4 is 21.3 Å². The minimum atomic E-state index is -0.513. The Morgan fingerprint density at radius 3 is 2.78 bits per heavy atom. The Kier molecular flexibility index (Phi) is 5.41. The Bertz CT molecular complexity index is 1110. The lowest BCUT2D eigenvalue weighted by atomic mass is 10.2. The summed E-state index contributed by atoms with van der Waals surface area (Å²) in [5.74, 6) is 0.134. The molecule has 142 valence electrons. The van der Waals surface area contributed by atoms with Gasteiger partial charge in [0.1, 0.15) is 12.3 Å². The molecule has 0 aliphatic rings. The fourth-order valence-electron chi connectivity index (χ4n) is 2.86. The number of hydrogen-bond acceptors (Lipinski definition) is 6. The number of fused-ring (bicyclic) bond motifs is 1. The van der Waals surface area contributed by atoms with Crippen LogP contribution in [-0.4, -0.2) is 26.5 Å². The summed E-state index contributed by atoms with van der Waals surface area (Å²) >= 11 is 1.08. The maximum absolute atomic E-state index is 12.8. The van der Waals surface area contributed by atoms with E-state index in [9.17, 15) is 14.4 Å². The maximum Gasteiger partial charge on any atom is 0.332 e. The SMILES string of the molecule is CCCn1c(=O)c2nscc2n(CC(=O)Nc2cc(C)ccc2OC)c1=O. The number of nitrogens with one attached hydrogen (secondary N) is 1. The average molecular weight is 388 g/mol. The normalized spacial score (nSPS) is 10.9. The van der Waals surface area contributed by atoms with Crippen LogP contribution in [0, 0.1) is 6.92 Å². The van der Waals surface area contributed by atoms with E-state index < -0.39 is 17.2 Å². The van der Waals surface area contributed by atoms with Crippen LogP contribution in [0.5, 0.6) is 5.75 Å². The highest BCUT2D eigenvalue weighted by molar-refractivity contribution is 7.04. The third-order valence-electron chi connectivity index (χ3n) is 4.13. The molecule has 0 fully saturated rings. The first-order valence-electron chi connectivity index (χ1n) is 8.48. The van der Waals surface area contributed by atoms with Crippen LogP contribution in [0.15, 0.2) is 33.2 Å². The predicted molar refractivity (Wildman–Crippen MR) is 105 cm³/mol. The molecule has 8 nitrogen and oxygen atoms in total. The van der Waals surface area contributed by atoms with Gasteiger partial charge >= 0.3 is 5.69 Å². The van der Waals surface area contributed by atoms with Crippen molar-refractivity contribution in [1.29, 1.82) is 0 Å². The number of benzene rings is 1. The van der Waals surface area contributed by atoms with Crippen molar-refractivity contribution in [1.82, 2.24) is 13.5 Å². The number of nitrogens with zero attached hydrogens (tertiary/aromatic N) is 3. The van der Waals surface area contributed by atoms with E-state index in [4.69, 9.17) is 4.74 Å². The Labute approximate surface area is 159 Å². The number of rotatable bonds is 6. The molecule has 3 aromatic rings. The number of aromatic nitrogens is 3. The zero-order chi connectivity index (χ0) is 19.6. The number of methoxy groups -OCH3 is 1. The van der Waals surface area contributed by atoms with E-state index >= 15 is 0 Å². The highest BCUT2D eigenvalue weighted by Gasteiger charge is 2.17. The lowest BCUT2D eigenvalue weighted by molar-refractivity contribution is -0.116. The summed E-state index contributed by atoms with van der Waals surface area (Å²) in [6, 6.07) is 5.43. The molecule has 2 aromatic heterocycles. The van der Waals surface area contributed by atoms with Gasteiger partial charge in [-0.3, -0.25) is 18.7 Å². The molecule has 27 heavy (non-hydrogen) atoms. The monoisotopic (exact) mass is 388 g/mol. The van der Waals surface area contributed by atoms with Gasteiger partial charge in [-0.25, -0.2) is 4.79 Å². The van der Waals surface area contributed by atoms with Crippen molar-refractivity contribution in [2.75, 3.05) is 12.4 Å². The summed E-state index contributed by atoms with van der Waals surface area (Å²) < 4.78 is 11.8. The van der Waals surface area contributed by atoms with Crippen LogP contribution in [0.2, 0.25) is 0 Å². The van der Waals surface area contributed by atoms with Gasteiger partial charge in [0.15, 0.2) is 5.52 Å². The van der Waals surface area contributed by atoms with Crippen LogP contribution >= 0.6 is 11.5 Å². The molecule has 0 radical (unpaired) electrons. The highest BCUT2D eigenvalue weighted by Crippen LogP contribution is 2.25. The van der Waals surface area contributed by atoms with Crippen LogP contribution in [0.3, 0.4) is 0 Å². The third-order valence-corrected chi connectivity index (χ3v) is 4.75. The number of hydrogen-bond donors (Lipinski definition) is 1. The molecule has 0 bridgehead atoms. The fourth-order valence-corrected chi connectivity index (χ4v) is 3.53. The largest absolute Gasteiger partial charge is 0.495 e. The van der Waals surface area contributed by atoms with Crippen molar-refractivity contribution >= 4 is 34.2 Å². The van der Waals surface area contributed by atoms with Crippen LogP contribution in [0.25, 0.3) is 11.0 Å². The summed E-state index contributed by atoms with van der Waals surface area (Å²) in [6.07, 6.45) is 0.622. The lowest BCUT2D eigenvalue weighted by Crippen LogP contribution is -2.41. The first-order chi connectivity index (χ1) is 13.0. The Balaban J connectivity index is 1.98. The molecule has 0 saturated heterocycles. The molecular formula is C18H20N4O4S. The summed E-state index contributed by atoms with van der Waals surface area (Å²) in [5, 5.41) is 4.38. The van der Waals surface area contributed by atoms with E-state index in [1.54, 1.807) is 17.5 Å². The number of ether oxygens (including phenoxy) is 1. The first-order valence-corrected chi connectivity index (χ1v) is 9.32.